The maximum absolute atomic E-state index is 12.9. The fourth-order valence-corrected chi connectivity index (χ4v) is 3.89. The van der Waals surface area contributed by atoms with Crippen molar-refractivity contribution in [1.82, 2.24) is 24.8 Å². The Balaban J connectivity index is 1.53. The van der Waals surface area contributed by atoms with Gasteiger partial charge in [-0.3, -0.25) is 4.79 Å². The normalized spacial score (nSPS) is 14.5. The highest BCUT2D eigenvalue weighted by atomic mass is 35.5. The molecule has 1 aliphatic heterocycles. The molecular weight excluding hydrogens is 412 g/mol. The van der Waals surface area contributed by atoms with Gasteiger partial charge in [0.05, 0.1) is 22.6 Å². The lowest BCUT2D eigenvalue weighted by Crippen LogP contribution is -2.30. The highest BCUT2D eigenvalue weighted by Crippen LogP contribution is 2.27. The lowest BCUT2D eigenvalue weighted by molar-refractivity contribution is 0.0788. The molecule has 0 saturated carbocycles. The van der Waals surface area contributed by atoms with Crippen molar-refractivity contribution in [3.8, 4) is 0 Å². The van der Waals surface area contributed by atoms with Gasteiger partial charge in [0.15, 0.2) is 0 Å². The number of H-pyrrole nitrogens is 1. The zero-order valence-corrected chi connectivity index (χ0v) is 17.9. The number of nitrogens with zero attached hydrogens (tertiary/aromatic N) is 4. The Morgan fingerprint density at radius 1 is 1.10 bits per heavy atom. The number of amides is 1. The lowest BCUT2D eigenvalue weighted by atomic mass is 10.1. The number of carbonyl (C=O) groups is 1. The van der Waals surface area contributed by atoms with E-state index < -0.39 is 0 Å². The summed E-state index contributed by atoms with van der Waals surface area (Å²) in [4.78, 5) is 31.8. The van der Waals surface area contributed by atoms with E-state index in [2.05, 4.69) is 25.3 Å². The molecule has 7 nitrogen and oxygen atoms in total. The molecule has 0 unspecified atom stereocenters. The Kier molecular flexibility index (Phi) is 4.82. The minimum atomic E-state index is -0.179. The molecule has 0 radical (unpaired) electrons. The molecule has 4 aromatic rings. The first-order chi connectivity index (χ1) is 15.0. The molecule has 1 amide bonds. The van der Waals surface area contributed by atoms with Crippen LogP contribution in [0.4, 0.5) is 5.82 Å². The lowest BCUT2D eigenvalue weighted by Gasteiger charge is -2.18. The van der Waals surface area contributed by atoms with E-state index in [1.54, 1.807) is 4.90 Å². The molecule has 0 saturated heterocycles. The van der Waals surface area contributed by atoms with Gasteiger partial charge in [0.1, 0.15) is 11.6 Å². The highest BCUT2D eigenvalue weighted by molar-refractivity contribution is 6.31. The number of imidazole rings is 1. The molecule has 3 heterocycles. The molecule has 8 heteroatoms. The third kappa shape index (κ3) is 3.72. The number of aryl methyl sites for hydroxylation is 1. The van der Waals surface area contributed by atoms with E-state index >= 15 is 0 Å². The van der Waals surface area contributed by atoms with Gasteiger partial charge in [-0.1, -0.05) is 35.4 Å². The van der Waals surface area contributed by atoms with Gasteiger partial charge in [0.25, 0.3) is 5.91 Å². The average molecular weight is 433 g/mol. The van der Waals surface area contributed by atoms with E-state index in [0.717, 1.165) is 33.3 Å². The number of nitrogens with one attached hydrogen (secondary N) is 2. The fraction of sp³-hybridized carbons (Fsp3) is 0.217. The first-order valence-electron chi connectivity index (χ1n) is 10.1. The molecule has 0 bridgehead atoms. The van der Waals surface area contributed by atoms with Gasteiger partial charge < -0.3 is 15.2 Å². The Hall–Kier alpha value is -3.45. The van der Waals surface area contributed by atoms with Crippen LogP contribution >= 0.6 is 11.6 Å². The van der Waals surface area contributed by atoms with Crippen molar-refractivity contribution in [2.75, 3.05) is 18.4 Å². The van der Waals surface area contributed by atoms with E-state index in [1.165, 1.54) is 0 Å². The number of hydrogen-bond acceptors (Lipinski definition) is 5. The van der Waals surface area contributed by atoms with E-state index in [-0.39, 0.29) is 17.8 Å². The number of hydrogen-bond donors (Lipinski definition) is 2. The summed E-state index contributed by atoms with van der Waals surface area (Å²) >= 11 is 6.10. The van der Waals surface area contributed by atoms with Crippen molar-refractivity contribution >= 4 is 45.3 Å². The molecule has 31 heavy (non-hydrogen) atoms. The van der Waals surface area contributed by atoms with Crippen molar-refractivity contribution in [3.05, 3.63) is 70.8 Å². The summed E-state index contributed by atoms with van der Waals surface area (Å²) in [5.74, 6) is 1.37. The van der Waals surface area contributed by atoms with Crippen LogP contribution in [0.3, 0.4) is 0 Å². The van der Waals surface area contributed by atoms with Crippen molar-refractivity contribution in [1.29, 1.82) is 0 Å². The summed E-state index contributed by atoms with van der Waals surface area (Å²) in [6, 6.07) is 11.3. The second-order valence-corrected chi connectivity index (χ2v) is 8.18. The smallest absolute Gasteiger partial charge is 0.292 e. The largest absolute Gasteiger partial charge is 0.360 e. The third-order valence-electron chi connectivity index (χ3n) is 5.37. The molecular formula is C23H21ClN6O. The van der Waals surface area contributed by atoms with Crippen LogP contribution < -0.4 is 5.32 Å². The minimum absolute atomic E-state index is 0.179. The van der Waals surface area contributed by atoms with Gasteiger partial charge >= 0.3 is 0 Å². The van der Waals surface area contributed by atoms with Crippen LogP contribution in [0.1, 0.15) is 35.0 Å². The minimum Gasteiger partial charge on any atom is -0.360 e. The third-order valence-corrected chi connectivity index (χ3v) is 5.61. The molecule has 0 spiro atoms. The Morgan fingerprint density at radius 2 is 1.87 bits per heavy atom. The van der Waals surface area contributed by atoms with Crippen LogP contribution in [-0.4, -0.2) is 43.8 Å². The fourth-order valence-electron chi connectivity index (χ4n) is 3.71. The molecule has 0 aliphatic carbocycles. The molecule has 1 atom stereocenters. The number of fused-ring (bicyclic) bond motifs is 2. The summed E-state index contributed by atoms with van der Waals surface area (Å²) in [7, 11) is 0. The SMILES string of the molecule is Cc1ccc2nc(C(=O)N3CC=CC3)nc(N[C@@H](C)c3nc4ccc(Cl)cc4[nH]3)c2c1. The number of halogens is 1. The van der Waals surface area contributed by atoms with Crippen LogP contribution in [-0.2, 0) is 0 Å². The van der Waals surface area contributed by atoms with E-state index in [9.17, 15) is 4.79 Å². The van der Waals surface area contributed by atoms with E-state index in [4.69, 9.17) is 11.6 Å². The van der Waals surface area contributed by atoms with Gasteiger partial charge in [-0.15, -0.1) is 0 Å². The summed E-state index contributed by atoms with van der Waals surface area (Å²) in [6.45, 7) is 5.17. The first kappa shape index (κ1) is 19.5. The number of rotatable bonds is 4. The van der Waals surface area contributed by atoms with Gasteiger partial charge in [-0.2, -0.15) is 0 Å². The highest BCUT2D eigenvalue weighted by Gasteiger charge is 2.22. The number of carbonyl (C=O) groups excluding carboxylic acids is 1. The molecule has 156 valence electrons. The Labute approximate surface area is 184 Å². The number of anilines is 1. The average Bonchev–Trinajstić information content (AvgIpc) is 3.43. The van der Waals surface area contributed by atoms with Crippen LogP contribution in [0.5, 0.6) is 0 Å². The summed E-state index contributed by atoms with van der Waals surface area (Å²) < 4.78 is 0. The van der Waals surface area contributed by atoms with Gasteiger partial charge in [-0.25, -0.2) is 15.0 Å². The van der Waals surface area contributed by atoms with Gasteiger partial charge in [0.2, 0.25) is 5.82 Å². The molecule has 1 aliphatic rings. The van der Waals surface area contributed by atoms with Gasteiger partial charge in [0, 0.05) is 23.5 Å². The molecule has 0 fully saturated rings. The predicted octanol–water partition coefficient (Wildman–Crippen LogP) is 4.65. The van der Waals surface area contributed by atoms with Crippen molar-refractivity contribution in [2.45, 2.75) is 19.9 Å². The van der Waals surface area contributed by atoms with Crippen LogP contribution in [0.25, 0.3) is 21.9 Å². The number of aromatic amines is 1. The Morgan fingerprint density at radius 3 is 2.68 bits per heavy atom. The van der Waals surface area contributed by atoms with Crippen molar-refractivity contribution in [2.24, 2.45) is 0 Å². The van der Waals surface area contributed by atoms with Crippen LogP contribution in [0.2, 0.25) is 5.02 Å². The monoisotopic (exact) mass is 432 g/mol. The summed E-state index contributed by atoms with van der Waals surface area (Å²) in [6.07, 6.45) is 3.94. The number of aromatic nitrogens is 4. The second-order valence-electron chi connectivity index (χ2n) is 7.75. The standard InChI is InChI=1S/C23H21ClN6O/c1-13-5-7-17-16(11-13)21(29-22(26-17)23(31)30-9-3-4-10-30)25-14(2)20-27-18-8-6-15(24)12-19(18)28-20/h3-8,11-12,14H,9-10H2,1-2H3,(H,27,28)(H,25,26,29)/t14-/m0/s1. The van der Waals surface area contributed by atoms with Gasteiger partial charge in [-0.05, 0) is 44.2 Å². The zero-order chi connectivity index (χ0) is 21.5. The zero-order valence-electron chi connectivity index (χ0n) is 17.2. The van der Waals surface area contributed by atoms with E-state index in [0.29, 0.717) is 23.9 Å². The van der Waals surface area contributed by atoms with E-state index in [1.807, 2.05) is 62.4 Å². The summed E-state index contributed by atoms with van der Waals surface area (Å²) in [5.41, 5.74) is 3.53. The topological polar surface area (TPSA) is 86.8 Å². The van der Waals surface area contributed by atoms with Crippen molar-refractivity contribution < 1.29 is 4.79 Å². The maximum atomic E-state index is 12.9. The van der Waals surface area contributed by atoms with Crippen LogP contribution in [0, 0.1) is 6.92 Å². The second kappa shape index (κ2) is 7.67. The molecule has 5 rings (SSSR count). The van der Waals surface area contributed by atoms with Crippen molar-refractivity contribution in [3.63, 3.8) is 0 Å². The summed E-state index contributed by atoms with van der Waals surface area (Å²) in [5, 5.41) is 4.94. The predicted molar refractivity (Wildman–Crippen MR) is 122 cm³/mol. The van der Waals surface area contributed by atoms with Crippen LogP contribution in [0.15, 0.2) is 48.6 Å². The Bertz CT molecular complexity index is 1340. The molecule has 2 aromatic heterocycles. The molecule has 2 aromatic carbocycles. The first-order valence-corrected chi connectivity index (χ1v) is 10.5. The number of benzene rings is 2. The quantitative estimate of drug-likeness (QED) is 0.458. The maximum Gasteiger partial charge on any atom is 0.292 e. The molecule has 2 N–H and O–H groups in total.